The van der Waals surface area contributed by atoms with Crippen molar-refractivity contribution in [2.75, 3.05) is 13.1 Å². The highest BCUT2D eigenvalue weighted by Gasteiger charge is 2.64. The van der Waals surface area contributed by atoms with Crippen LogP contribution in [0.5, 0.6) is 0 Å². The minimum atomic E-state index is -0.977. The first-order valence-electron chi connectivity index (χ1n) is 20.8. The van der Waals surface area contributed by atoms with Gasteiger partial charge in [0.25, 0.3) is 5.91 Å². The Morgan fingerprint density at radius 1 is 0.904 bits per heavy atom. The summed E-state index contributed by atoms with van der Waals surface area (Å²) in [6.07, 6.45) is 19.6. The van der Waals surface area contributed by atoms with Gasteiger partial charge in [0.05, 0.1) is 6.04 Å². The number of rotatable bonds is 15. The van der Waals surface area contributed by atoms with Gasteiger partial charge in [-0.25, -0.2) is 4.79 Å². The number of carbonyl (C=O) groups excluding carboxylic acids is 5. The van der Waals surface area contributed by atoms with Crippen LogP contribution in [-0.4, -0.2) is 71.2 Å². The highest BCUT2D eigenvalue weighted by atomic mass is 16.2. The van der Waals surface area contributed by atoms with Crippen LogP contribution in [0.3, 0.4) is 0 Å². The highest BCUT2D eigenvalue weighted by molar-refractivity contribution is 6.38. The second kappa shape index (κ2) is 16.6. The van der Waals surface area contributed by atoms with Crippen molar-refractivity contribution < 1.29 is 24.0 Å². The van der Waals surface area contributed by atoms with E-state index in [0.29, 0.717) is 19.4 Å². The van der Waals surface area contributed by atoms with Gasteiger partial charge in [-0.05, 0) is 98.7 Å². The van der Waals surface area contributed by atoms with Gasteiger partial charge in [-0.1, -0.05) is 92.1 Å². The molecular formula is C42H69N5O5. The lowest BCUT2D eigenvalue weighted by Crippen LogP contribution is -2.63. The van der Waals surface area contributed by atoms with E-state index < -0.39 is 35.2 Å². The molecule has 0 radical (unpaired) electrons. The minimum Gasteiger partial charge on any atom is -0.346 e. The first kappa shape index (κ1) is 40.3. The fourth-order valence-corrected chi connectivity index (χ4v) is 10.5. The lowest BCUT2D eigenvalue weighted by molar-refractivity contribution is -0.145. The number of hydrogen-bond acceptors (Lipinski definition) is 5. The van der Waals surface area contributed by atoms with Crippen LogP contribution in [-0.2, 0) is 19.2 Å². The van der Waals surface area contributed by atoms with E-state index in [2.05, 4.69) is 55.5 Å². The van der Waals surface area contributed by atoms with E-state index in [1.807, 2.05) is 6.92 Å². The number of carbonyl (C=O) groups is 5. The molecule has 5 atom stereocenters. The molecule has 0 aromatic rings. The van der Waals surface area contributed by atoms with Crippen LogP contribution < -0.4 is 21.3 Å². The maximum absolute atomic E-state index is 15.2. The van der Waals surface area contributed by atoms with Crippen LogP contribution in [0.1, 0.15) is 157 Å². The molecule has 10 nitrogen and oxygen atoms in total. The molecule has 4 saturated carbocycles. The molecule has 4 aliphatic carbocycles. The van der Waals surface area contributed by atoms with Gasteiger partial charge >= 0.3 is 6.03 Å². The molecule has 1 spiro atoms. The van der Waals surface area contributed by atoms with E-state index in [1.165, 1.54) is 12.5 Å². The summed E-state index contributed by atoms with van der Waals surface area (Å²) in [7, 11) is 0. The highest BCUT2D eigenvalue weighted by Crippen LogP contribution is 2.66. The van der Waals surface area contributed by atoms with Gasteiger partial charge < -0.3 is 26.2 Å². The molecule has 0 bridgehead atoms. The summed E-state index contributed by atoms with van der Waals surface area (Å²) in [4.78, 5) is 71.5. The predicted molar refractivity (Wildman–Crippen MR) is 204 cm³/mol. The van der Waals surface area contributed by atoms with Gasteiger partial charge in [-0.3, -0.25) is 19.2 Å². The van der Waals surface area contributed by atoms with Crippen LogP contribution in [0.15, 0.2) is 12.7 Å². The third kappa shape index (κ3) is 9.23. The van der Waals surface area contributed by atoms with Crippen LogP contribution in [0, 0.1) is 28.1 Å². The maximum atomic E-state index is 15.2. The third-order valence-electron chi connectivity index (χ3n) is 13.7. The Hall–Kier alpha value is -2.91. The monoisotopic (exact) mass is 724 g/mol. The van der Waals surface area contributed by atoms with E-state index in [4.69, 9.17) is 0 Å². The Morgan fingerprint density at radius 2 is 1.56 bits per heavy atom. The zero-order valence-corrected chi connectivity index (χ0v) is 33.0. The van der Waals surface area contributed by atoms with Gasteiger partial charge in [0.15, 0.2) is 0 Å². The number of Topliss-reactive ketones (excluding diaryl/α,β-unsaturated/α-hetero) is 1. The summed E-state index contributed by atoms with van der Waals surface area (Å²) in [5, 5.41) is 12.2. The topological polar surface area (TPSA) is 137 Å². The number of ketones is 1. The summed E-state index contributed by atoms with van der Waals surface area (Å²) >= 11 is 0. The fraction of sp³-hybridized carbons (Fsp3) is 0.833. The molecule has 5 fully saturated rings. The molecule has 10 heteroatoms. The summed E-state index contributed by atoms with van der Waals surface area (Å²) in [5.74, 6) is -1.77. The predicted octanol–water partition coefficient (Wildman–Crippen LogP) is 6.72. The van der Waals surface area contributed by atoms with Gasteiger partial charge in [0.2, 0.25) is 17.6 Å². The summed E-state index contributed by atoms with van der Waals surface area (Å²) in [6.45, 7) is 15.1. The SMILES string of the molecule is C=CCNC(=O)C(=O)C(CCC)NC(=O)[C@@H]1[C@H]2CCC3(CC3)[C@H]2CN1C(=O)[C@@H](NC(=O)NC1(CCCC(C)(C)C)CCCCC1)C1(C)CCCCC1. The molecular weight excluding hydrogens is 654 g/mol. The Kier molecular flexibility index (Phi) is 12.9. The number of urea groups is 1. The van der Waals surface area contributed by atoms with Gasteiger partial charge in [-0.2, -0.15) is 0 Å². The van der Waals surface area contributed by atoms with Crippen LogP contribution in [0.4, 0.5) is 4.79 Å². The summed E-state index contributed by atoms with van der Waals surface area (Å²) in [6, 6.07) is -2.77. The van der Waals surface area contributed by atoms with Crippen molar-refractivity contribution in [3.05, 3.63) is 12.7 Å². The Morgan fingerprint density at radius 3 is 2.15 bits per heavy atom. The molecule has 0 aromatic carbocycles. The van der Waals surface area contributed by atoms with Crippen LogP contribution >= 0.6 is 0 Å². The quantitative estimate of drug-likeness (QED) is 0.110. The first-order chi connectivity index (χ1) is 24.7. The van der Waals surface area contributed by atoms with E-state index >= 15 is 4.79 Å². The lowest BCUT2D eigenvalue weighted by atomic mass is 9.70. The zero-order chi connectivity index (χ0) is 37.7. The molecule has 52 heavy (non-hydrogen) atoms. The van der Waals surface area contributed by atoms with Crippen LogP contribution in [0.2, 0.25) is 0 Å². The van der Waals surface area contributed by atoms with Gasteiger partial charge in [0, 0.05) is 18.6 Å². The van der Waals surface area contributed by atoms with Gasteiger partial charge in [-0.15, -0.1) is 6.58 Å². The summed E-state index contributed by atoms with van der Waals surface area (Å²) < 4.78 is 0. The van der Waals surface area contributed by atoms with Crippen LogP contribution in [0.25, 0.3) is 0 Å². The number of amides is 5. The molecule has 292 valence electrons. The zero-order valence-electron chi connectivity index (χ0n) is 33.0. The average Bonchev–Trinajstić information content (AvgIpc) is 3.67. The smallest absolute Gasteiger partial charge is 0.315 e. The molecule has 5 amide bonds. The second-order valence-electron chi connectivity index (χ2n) is 18.8. The van der Waals surface area contributed by atoms with Crippen molar-refractivity contribution in [3.63, 3.8) is 0 Å². The normalized spacial score (nSPS) is 26.8. The van der Waals surface area contributed by atoms with E-state index in [9.17, 15) is 19.2 Å². The molecule has 5 rings (SSSR count). The first-order valence-corrected chi connectivity index (χ1v) is 20.8. The molecule has 1 aliphatic heterocycles. The van der Waals surface area contributed by atoms with Crippen molar-refractivity contribution in [1.82, 2.24) is 26.2 Å². The number of nitrogens with one attached hydrogen (secondary N) is 4. The fourth-order valence-electron chi connectivity index (χ4n) is 10.5. The van der Waals surface area contributed by atoms with Crippen molar-refractivity contribution in [2.45, 2.75) is 180 Å². The molecule has 1 saturated heterocycles. The van der Waals surface area contributed by atoms with E-state index in [1.54, 1.807) is 4.90 Å². The number of likely N-dealkylation sites (tertiary alicyclic amines) is 1. The Bertz CT molecular complexity index is 1320. The molecule has 4 N–H and O–H groups in total. The molecule has 1 unspecified atom stereocenters. The number of fused-ring (bicyclic) bond motifs is 2. The number of nitrogens with zero attached hydrogens (tertiary/aromatic N) is 1. The molecule has 0 aromatic heterocycles. The Labute approximate surface area is 313 Å². The standard InChI is InChI=1S/C42H69N5O5/c1-7-16-31(33(48)36(50)43-27-8-2)44-35(49)32-29-17-24-41(25-26-41)30(29)28-47(32)37(51)34(40(6)19-11-9-12-20-40)45-38(52)46-42(21-13-10-14-22-42)23-15-18-39(3,4)5/h8,29-32,34H,2,7,9-28H2,1,3-6H3,(H,43,50)(H,44,49)(H2,45,46,52)/t29-,30-,31?,32-,34+/m0/s1. The minimum absolute atomic E-state index is 0.0135. The van der Waals surface area contributed by atoms with Crippen molar-refractivity contribution in [3.8, 4) is 0 Å². The van der Waals surface area contributed by atoms with E-state index in [-0.39, 0.29) is 52.6 Å². The van der Waals surface area contributed by atoms with Crippen molar-refractivity contribution >= 4 is 29.5 Å². The molecule has 1 heterocycles. The number of hydrogen-bond donors (Lipinski definition) is 4. The average molecular weight is 724 g/mol. The largest absolute Gasteiger partial charge is 0.346 e. The van der Waals surface area contributed by atoms with Crippen molar-refractivity contribution in [2.24, 2.45) is 28.1 Å². The summed E-state index contributed by atoms with van der Waals surface area (Å²) in [5.41, 5.74) is -0.322. The Balaban J connectivity index is 1.39. The molecule has 5 aliphatic rings. The van der Waals surface area contributed by atoms with Crippen molar-refractivity contribution in [1.29, 1.82) is 0 Å². The van der Waals surface area contributed by atoms with Gasteiger partial charge in [0.1, 0.15) is 12.1 Å². The third-order valence-corrected chi connectivity index (χ3v) is 13.7. The second-order valence-corrected chi connectivity index (χ2v) is 18.8. The van der Waals surface area contributed by atoms with E-state index in [0.717, 1.165) is 103 Å². The maximum Gasteiger partial charge on any atom is 0.315 e. The lowest BCUT2D eigenvalue weighted by Gasteiger charge is -2.44.